The van der Waals surface area contributed by atoms with Gasteiger partial charge in [0.05, 0.1) is 0 Å². The fourth-order valence-corrected chi connectivity index (χ4v) is 21.3. The second-order valence-corrected chi connectivity index (χ2v) is 32.2. The molecule has 0 aromatic heterocycles. The Labute approximate surface area is 242 Å². The maximum atomic E-state index is 2.69. The van der Waals surface area contributed by atoms with E-state index in [0.717, 1.165) is 0 Å². The molecule has 0 fully saturated rings. The van der Waals surface area contributed by atoms with Gasteiger partial charge in [0.1, 0.15) is 0 Å². The minimum Gasteiger partial charge on any atom is -0.147 e. The van der Waals surface area contributed by atoms with Crippen molar-refractivity contribution >= 4 is 44.6 Å². The van der Waals surface area contributed by atoms with Gasteiger partial charge in [-0.2, -0.15) is 0 Å². The van der Waals surface area contributed by atoms with Crippen LogP contribution < -0.4 is 0 Å². The molecule has 0 amide bonds. The predicted octanol–water partition coefficient (Wildman–Crippen LogP) is 9.81. The third-order valence-electron chi connectivity index (χ3n) is 8.58. The zero-order chi connectivity index (χ0) is 25.1. The standard InChI is InChI=1S/2C16H13.2CH3.2ClH.H2Si.Ti/c2*1-12-9-14-7-8-15(11-16(14)10-12)13-5-3-2-4-6-13;;;;;;/h2*2-11H,1H3;2*1H3;2*1H;1H2;. The van der Waals surface area contributed by atoms with E-state index in [-0.39, 0.29) is 24.8 Å². The Kier molecular flexibility index (Phi) is 7.94. The van der Waals surface area contributed by atoms with Gasteiger partial charge in [-0.05, 0) is 0 Å². The van der Waals surface area contributed by atoms with Gasteiger partial charge in [0.15, 0.2) is 0 Å². The van der Waals surface area contributed by atoms with Crippen LogP contribution in [0.25, 0.3) is 34.4 Å². The van der Waals surface area contributed by atoms with E-state index in [9.17, 15) is 0 Å². The van der Waals surface area contributed by atoms with Crippen molar-refractivity contribution in [3.8, 4) is 22.3 Å². The average molecular weight is 592 g/mol. The van der Waals surface area contributed by atoms with Crippen molar-refractivity contribution in [3.63, 3.8) is 0 Å². The Bertz CT molecular complexity index is 1510. The van der Waals surface area contributed by atoms with Gasteiger partial charge >= 0.3 is 219 Å². The third-order valence-corrected chi connectivity index (χ3v) is 20.3. The summed E-state index contributed by atoms with van der Waals surface area (Å²) in [6.45, 7) is 4.76. The molecule has 0 nitrogen and oxygen atoms in total. The zero-order valence-corrected chi connectivity index (χ0v) is 27.2. The fourth-order valence-electron chi connectivity index (χ4n) is 7.38. The maximum Gasteiger partial charge on any atom is -0.147 e. The minimum atomic E-state index is -3.15. The van der Waals surface area contributed by atoms with Gasteiger partial charge in [-0.3, -0.25) is 0 Å². The van der Waals surface area contributed by atoms with Crippen molar-refractivity contribution in [1.29, 1.82) is 0 Å². The SMILES string of the molecule is CC1=Cc2cc(-c3ccccc3)ccc2[CH]1[Ti]([CH3])([CH3])(=[SiH2])[CH]1C(C)=Cc2cc(-c3ccccc3)ccc21.Cl.Cl. The molecule has 0 saturated heterocycles. The molecule has 0 bridgehead atoms. The molecule has 4 aromatic carbocycles. The molecule has 0 spiro atoms. The van der Waals surface area contributed by atoms with Crippen LogP contribution in [0.15, 0.2) is 108 Å². The predicted molar refractivity (Wildman–Crippen MR) is 171 cm³/mol. The van der Waals surface area contributed by atoms with Crippen LogP contribution >= 0.6 is 24.8 Å². The van der Waals surface area contributed by atoms with E-state index in [1.54, 1.807) is 22.3 Å². The van der Waals surface area contributed by atoms with Crippen LogP contribution in [0.5, 0.6) is 0 Å². The van der Waals surface area contributed by atoms with Crippen molar-refractivity contribution in [1.82, 2.24) is 0 Å². The molecular weight excluding hydrogens is 555 g/mol. The molecule has 0 radical (unpaired) electrons. The number of allylic oxidation sites excluding steroid dienone is 2. The fraction of sp³-hybridized carbons (Fsp3) is 0.176. The largest absolute Gasteiger partial charge is 0.147 e. The molecule has 2 unspecified atom stereocenters. The van der Waals surface area contributed by atoms with Gasteiger partial charge in [-0.25, -0.2) is 0 Å². The Hall–Kier alpha value is -2.13. The number of rotatable bonds is 4. The number of halogens is 2. The third kappa shape index (κ3) is 4.74. The van der Waals surface area contributed by atoms with Gasteiger partial charge in [-0.15, -0.1) is 24.8 Å². The Morgan fingerprint density at radius 1 is 0.526 bits per heavy atom. The zero-order valence-electron chi connectivity index (χ0n) is 22.6. The molecular formula is C34H36Cl2SiTi. The van der Waals surface area contributed by atoms with Crippen molar-refractivity contribution in [3.05, 3.63) is 130 Å². The van der Waals surface area contributed by atoms with Crippen LogP contribution in [0.2, 0.25) is 10.5 Å². The Balaban J connectivity index is 0.00000168. The second-order valence-electron chi connectivity index (χ2n) is 12.0. The van der Waals surface area contributed by atoms with Crippen LogP contribution in [-0.4, -0.2) is 7.63 Å². The summed E-state index contributed by atoms with van der Waals surface area (Å²) in [4.78, 5) is 0. The molecule has 194 valence electrons. The summed E-state index contributed by atoms with van der Waals surface area (Å²) in [6, 6.07) is 35.9. The van der Waals surface area contributed by atoms with E-state index >= 15 is 0 Å². The normalized spacial score (nSPS) is 17.9. The molecule has 2 aliphatic rings. The summed E-state index contributed by atoms with van der Waals surface area (Å²) >= 11 is -3.15. The summed E-state index contributed by atoms with van der Waals surface area (Å²) < 4.78 is 1.10. The summed E-state index contributed by atoms with van der Waals surface area (Å²) in [7, 11) is 2.40. The number of fused-ring (bicyclic) bond motifs is 2. The second kappa shape index (κ2) is 10.5. The van der Waals surface area contributed by atoms with Gasteiger partial charge < -0.3 is 0 Å². The Morgan fingerprint density at radius 2 is 0.895 bits per heavy atom. The summed E-state index contributed by atoms with van der Waals surface area (Å²) in [5.74, 6) is 0. The van der Waals surface area contributed by atoms with Crippen molar-refractivity contribution in [2.24, 2.45) is 0 Å². The van der Waals surface area contributed by atoms with Gasteiger partial charge in [0, 0.05) is 0 Å². The molecule has 4 aromatic rings. The molecule has 0 aliphatic heterocycles. The van der Waals surface area contributed by atoms with E-state index in [0.29, 0.717) is 8.45 Å². The quantitative estimate of drug-likeness (QED) is 0.207. The number of hydrogen-bond acceptors (Lipinski definition) is 0. The first-order valence-electron chi connectivity index (χ1n) is 13.0. The van der Waals surface area contributed by atoms with E-state index in [2.05, 4.69) is 141 Å². The molecule has 2 atom stereocenters. The van der Waals surface area contributed by atoms with Crippen molar-refractivity contribution in [2.45, 2.75) is 32.7 Å². The average Bonchev–Trinajstić information content (AvgIpc) is 3.40. The number of benzene rings is 4. The smallest absolute Gasteiger partial charge is 0.147 e. The van der Waals surface area contributed by atoms with Crippen LogP contribution in [-0.2, 0) is 14.0 Å². The molecule has 0 N–H and O–H groups in total. The minimum absolute atomic E-state index is 0. The topological polar surface area (TPSA) is 0 Å². The van der Waals surface area contributed by atoms with Crippen LogP contribution in [0.4, 0.5) is 0 Å². The molecule has 0 saturated carbocycles. The first-order valence-corrected chi connectivity index (χ1v) is 22.0. The molecule has 6 rings (SSSR count). The van der Waals surface area contributed by atoms with Crippen LogP contribution in [0.3, 0.4) is 0 Å². The first kappa shape index (κ1) is 28.9. The summed E-state index contributed by atoms with van der Waals surface area (Å²) in [5.41, 5.74) is 14.2. The van der Waals surface area contributed by atoms with E-state index in [1.807, 2.05) is 0 Å². The number of hydrogen-bond donors (Lipinski definition) is 0. The Morgan fingerprint density at radius 3 is 1.26 bits per heavy atom. The molecule has 0 heterocycles. The van der Waals surface area contributed by atoms with Gasteiger partial charge in [-0.1, -0.05) is 0 Å². The van der Waals surface area contributed by atoms with Crippen LogP contribution in [0.1, 0.15) is 44.5 Å². The van der Waals surface area contributed by atoms with E-state index < -0.39 is 14.0 Å². The van der Waals surface area contributed by atoms with Gasteiger partial charge in [0.25, 0.3) is 0 Å². The summed E-state index contributed by atoms with van der Waals surface area (Å²) in [6.07, 6.45) is 4.95. The van der Waals surface area contributed by atoms with Crippen LogP contribution in [0, 0.1) is 0 Å². The van der Waals surface area contributed by atoms with Crippen molar-refractivity contribution < 1.29 is 14.0 Å². The maximum absolute atomic E-state index is 3.15. The van der Waals surface area contributed by atoms with Crippen molar-refractivity contribution in [2.75, 3.05) is 0 Å². The molecule has 38 heavy (non-hydrogen) atoms. The van der Waals surface area contributed by atoms with E-state index in [1.165, 1.54) is 33.4 Å². The van der Waals surface area contributed by atoms with Gasteiger partial charge in [0.2, 0.25) is 0 Å². The van der Waals surface area contributed by atoms with E-state index in [4.69, 9.17) is 0 Å². The first-order chi connectivity index (χ1) is 17.2. The monoisotopic (exact) mass is 590 g/mol. The molecule has 4 heteroatoms. The summed E-state index contributed by atoms with van der Waals surface area (Å²) in [5, 5.41) is 5.39. The molecule has 2 aliphatic carbocycles.